The fraction of sp³-hybridized carbons (Fsp3) is 0.447. The number of aliphatic hydroxyl groups excluding tert-OH is 1. The zero-order valence-corrected chi connectivity index (χ0v) is 30.0. The third-order valence-corrected chi connectivity index (χ3v) is 8.59. The number of nitrogens with zero attached hydrogens (tertiary/aromatic N) is 3. The number of methoxy groups -OCH3 is 1. The smallest absolute Gasteiger partial charge is 0.338 e. The summed E-state index contributed by atoms with van der Waals surface area (Å²) in [6, 6.07) is 26.1. The normalized spacial score (nSPS) is 27.9. The third-order valence-electron chi connectivity index (χ3n) is 8.59. The monoisotopic (exact) mass is 749 g/mol. The van der Waals surface area contributed by atoms with Gasteiger partial charge < -0.3 is 47.7 Å². The number of ether oxygens (including phenoxy) is 9. The molecule has 54 heavy (non-hydrogen) atoms. The SMILES string of the molecule is COC(=O)C1O[C@@H](OC(C)=O)C(OC(C)=O)[C@H](OCc2ccccc2)[C@@H]1O[C@H]1OC(COCc2ccccc2)[C@@H](O)[C@@H](OCc2ccccc2)C1N=[N+]=[N-]. The molecule has 16 nitrogen and oxygen atoms in total. The van der Waals surface area contributed by atoms with Gasteiger partial charge in [0.05, 0.1) is 39.6 Å². The second kappa shape index (κ2) is 20.0. The maximum absolute atomic E-state index is 13.4. The number of azide groups is 1. The van der Waals surface area contributed by atoms with Crippen molar-refractivity contribution in [2.75, 3.05) is 13.7 Å². The summed E-state index contributed by atoms with van der Waals surface area (Å²) in [7, 11) is 1.12. The van der Waals surface area contributed by atoms with Crippen molar-refractivity contribution in [1.29, 1.82) is 0 Å². The standard InChI is InChI=1S/C38H43N3O13/c1-23(42)50-35-32(49-21-27-17-11-6-12-18-27)33(34(36(45)46-3)54-38(35)51-24(2)43)53-37-29(40-41-39)31(48-20-26-15-9-5-10-16-26)30(44)28(52-37)22-47-19-25-13-7-4-8-14-25/h4-18,28-35,37-38,44H,19-22H2,1-3H3/t28?,29?,30-,31+,32-,33+,34?,35?,37-,38-/m1/s1. The van der Waals surface area contributed by atoms with Crippen molar-refractivity contribution in [1.82, 2.24) is 0 Å². The number of aliphatic hydroxyl groups is 1. The predicted molar refractivity (Wildman–Crippen MR) is 187 cm³/mol. The molecule has 5 rings (SSSR count). The molecule has 4 unspecified atom stereocenters. The molecule has 0 spiro atoms. The van der Waals surface area contributed by atoms with Crippen LogP contribution >= 0.6 is 0 Å². The van der Waals surface area contributed by atoms with E-state index in [4.69, 9.17) is 42.6 Å². The zero-order chi connectivity index (χ0) is 38.5. The molecule has 0 radical (unpaired) electrons. The van der Waals surface area contributed by atoms with Crippen molar-refractivity contribution < 1.29 is 62.1 Å². The van der Waals surface area contributed by atoms with E-state index in [1.165, 1.54) is 0 Å². The Morgan fingerprint density at radius 3 is 1.78 bits per heavy atom. The number of rotatable bonds is 16. The van der Waals surface area contributed by atoms with E-state index >= 15 is 0 Å². The fourth-order valence-corrected chi connectivity index (χ4v) is 6.11. The molecule has 2 fully saturated rings. The summed E-state index contributed by atoms with van der Waals surface area (Å²) < 4.78 is 53.2. The van der Waals surface area contributed by atoms with Gasteiger partial charge in [-0.15, -0.1) is 0 Å². The summed E-state index contributed by atoms with van der Waals surface area (Å²) in [5.74, 6) is -2.53. The summed E-state index contributed by atoms with van der Waals surface area (Å²) in [6.45, 7) is 2.23. The molecule has 288 valence electrons. The van der Waals surface area contributed by atoms with Gasteiger partial charge in [-0.05, 0) is 22.2 Å². The summed E-state index contributed by atoms with van der Waals surface area (Å²) in [6.07, 6.45) is -12.9. The fourth-order valence-electron chi connectivity index (χ4n) is 6.11. The minimum absolute atomic E-state index is 0.0169. The van der Waals surface area contributed by atoms with E-state index in [0.29, 0.717) is 5.56 Å². The number of hydrogen-bond donors (Lipinski definition) is 1. The molecule has 2 saturated heterocycles. The molecule has 2 aliphatic rings. The Bertz CT molecular complexity index is 1700. The van der Waals surface area contributed by atoms with E-state index in [1.54, 1.807) is 24.3 Å². The maximum Gasteiger partial charge on any atom is 0.338 e. The van der Waals surface area contributed by atoms with E-state index in [0.717, 1.165) is 32.1 Å². The molecule has 0 aromatic heterocycles. The number of hydrogen-bond acceptors (Lipinski definition) is 14. The second-order valence-electron chi connectivity index (χ2n) is 12.5. The molecule has 0 bridgehead atoms. The highest BCUT2D eigenvalue weighted by Gasteiger charge is 2.56. The lowest BCUT2D eigenvalue weighted by Crippen LogP contribution is -2.66. The summed E-state index contributed by atoms with van der Waals surface area (Å²) in [4.78, 5) is 41.0. The zero-order valence-electron chi connectivity index (χ0n) is 30.0. The molecular weight excluding hydrogens is 706 g/mol. The summed E-state index contributed by atoms with van der Waals surface area (Å²) in [5.41, 5.74) is 12.1. The van der Waals surface area contributed by atoms with Gasteiger partial charge in [-0.25, -0.2) is 4.79 Å². The van der Waals surface area contributed by atoms with Gasteiger partial charge in [0, 0.05) is 18.8 Å². The van der Waals surface area contributed by atoms with Crippen molar-refractivity contribution in [3.05, 3.63) is 118 Å². The first kappa shape index (κ1) is 40.3. The highest BCUT2D eigenvalue weighted by molar-refractivity contribution is 5.76. The Hall–Kier alpha value is -4.90. The van der Waals surface area contributed by atoms with Crippen LogP contribution in [0.1, 0.15) is 30.5 Å². The highest BCUT2D eigenvalue weighted by Crippen LogP contribution is 2.35. The molecule has 10 atom stereocenters. The van der Waals surface area contributed by atoms with Crippen LogP contribution in [0.15, 0.2) is 96.1 Å². The minimum atomic E-state index is -1.66. The molecule has 2 aliphatic heterocycles. The first-order valence-corrected chi connectivity index (χ1v) is 17.2. The molecular formula is C38H43N3O13. The molecule has 2 heterocycles. The quantitative estimate of drug-likeness (QED) is 0.0727. The van der Waals surface area contributed by atoms with Crippen LogP contribution in [0.2, 0.25) is 0 Å². The Balaban J connectivity index is 1.51. The molecule has 16 heteroatoms. The number of carbonyl (C=O) groups excluding carboxylic acids is 3. The van der Waals surface area contributed by atoms with E-state index in [9.17, 15) is 25.0 Å². The molecule has 0 aliphatic carbocycles. The summed E-state index contributed by atoms with van der Waals surface area (Å²) >= 11 is 0. The highest BCUT2D eigenvalue weighted by atomic mass is 16.8. The van der Waals surface area contributed by atoms with Crippen molar-refractivity contribution in [2.24, 2.45) is 5.11 Å². The lowest BCUT2D eigenvalue weighted by Gasteiger charge is -2.48. The van der Waals surface area contributed by atoms with Crippen LogP contribution in [0.3, 0.4) is 0 Å². The summed E-state index contributed by atoms with van der Waals surface area (Å²) in [5, 5.41) is 15.5. The van der Waals surface area contributed by atoms with Crippen molar-refractivity contribution in [3.63, 3.8) is 0 Å². The lowest BCUT2D eigenvalue weighted by atomic mass is 9.95. The van der Waals surface area contributed by atoms with Crippen LogP contribution in [0, 0.1) is 0 Å². The number of esters is 3. The van der Waals surface area contributed by atoms with Crippen LogP contribution in [0.25, 0.3) is 10.4 Å². The predicted octanol–water partition coefficient (Wildman–Crippen LogP) is 3.92. The van der Waals surface area contributed by atoms with Crippen LogP contribution in [-0.4, -0.2) is 98.1 Å². The van der Waals surface area contributed by atoms with Crippen LogP contribution < -0.4 is 0 Å². The van der Waals surface area contributed by atoms with Gasteiger partial charge in [-0.3, -0.25) is 9.59 Å². The van der Waals surface area contributed by atoms with E-state index in [-0.39, 0.29) is 26.4 Å². The molecule has 0 saturated carbocycles. The van der Waals surface area contributed by atoms with Crippen molar-refractivity contribution in [3.8, 4) is 0 Å². The molecule has 3 aromatic carbocycles. The molecule has 0 amide bonds. The van der Waals surface area contributed by atoms with Gasteiger partial charge in [0.15, 0.2) is 18.5 Å². The number of benzene rings is 3. The first-order chi connectivity index (χ1) is 26.2. The Morgan fingerprint density at radius 1 is 0.722 bits per heavy atom. The Labute approximate surface area is 311 Å². The maximum atomic E-state index is 13.4. The van der Waals surface area contributed by atoms with Crippen molar-refractivity contribution >= 4 is 17.9 Å². The average molecular weight is 750 g/mol. The number of carbonyl (C=O) groups is 3. The average Bonchev–Trinajstić information content (AvgIpc) is 3.17. The van der Waals surface area contributed by atoms with E-state index < -0.39 is 79.3 Å². The molecule has 3 aromatic rings. The van der Waals surface area contributed by atoms with Gasteiger partial charge in [0.2, 0.25) is 6.29 Å². The van der Waals surface area contributed by atoms with Gasteiger partial charge in [-0.2, -0.15) is 0 Å². The van der Waals surface area contributed by atoms with Gasteiger partial charge in [0.25, 0.3) is 0 Å². The van der Waals surface area contributed by atoms with E-state index in [2.05, 4.69) is 10.0 Å². The van der Waals surface area contributed by atoms with Crippen LogP contribution in [-0.2, 0) is 76.8 Å². The Morgan fingerprint density at radius 2 is 1.26 bits per heavy atom. The minimum Gasteiger partial charge on any atom is -0.467 e. The topological polar surface area (TPSA) is 203 Å². The first-order valence-electron chi connectivity index (χ1n) is 17.2. The van der Waals surface area contributed by atoms with E-state index in [1.807, 2.05) is 66.7 Å². The lowest BCUT2D eigenvalue weighted by molar-refractivity contribution is -0.343. The van der Waals surface area contributed by atoms with Crippen LogP contribution in [0.5, 0.6) is 0 Å². The largest absolute Gasteiger partial charge is 0.467 e. The second-order valence-corrected chi connectivity index (χ2v) is 12.5. The van der Waals surface area contributed by atoms with Gasteiger partial charge in [0.1, 0.15) is 30.5 Å². The third kappa shape index (κ3) is 10.8. The van der Waals surface area contributed by atoms with Crippen molar-refractivity contribution in [2.45, 2.75) is 95.0 Å². The van der Waals surface area contributed by atoms with Gasteiger partial charge >= 0.3 is 17.9 Å². The van der Waals surface area contributed by atoms with Crippen LogP contribution in [0.4, 0.5) is 0 Å². The molecule has 1 N–H and O–H groups in total. The van der Waals surface area contributed by atoms with Gasteiger partial charge in [-0.1, -0.05) is 96.1 Å². The Kier molecular flexibility index (Phi) is 14.9.